The summed E-state index contributed by atoms with van der Waals surface area (Å²) in [6, 6.07) is 6.32. The molecule has 2 N–H and O–H groups in total. The summed E-state index contributed by atoms with van der Waals surface area (Å²) in [4.78, 5) is 6.77. The fraction of sp³-hybridized carbons (Fsp3) is 0.750. The lowest BCUT2D eigenvalue weighted by Gasteiger charge is -2.47. The van der Waals surface area contributed by atoms with E-state index in [0.717, 1.165) is 12.5 Å². The van der Waals surface area contributed by atoms with E-state index < -0.39 is 0 Å². The zero-order valence-corrected chi connectivity index (χ0v) is 15.4. The predicted octanol–water partition coefficient (Wildman–Crippen LogP) is 3.46. The van der Waals surface area contributed by atoms with Crippen molar-refractivity contribution in [2.45, 2.75) is 57.3 Å². The van der Waals surface area contributed by atoms with Gasteiger partial charge >= 0.3 is 0 Å². The molecule has 3 nitrogen and oxygen atoms in total. The van der Waals surface area contributed by atoms with E-state index >= 15 is 0 Å². The second-order valence-electron chi connectivity index (χ2n) is 6.50. The molecule has 2 aliphatic rings. The van der Waals surface area contributed by atoms with Gasteiger partial charge < -0.3 is 5.73 Å². The van der Waals surface area contributed by atoms with Crippen LogP contribution < -0.4 is 5.73 Å². The summed E-state index contributed by atoms with van der Waals surface area (Å²) in [5.41, 5.74) is 6.52. The molecule has 4 atom stereocenters. The molecule has 0 aromatic carbocycles. The number of hydrogen-bond acceptors (Lipinski definition) is 4. The van der Waals surface area contributed by atoms with Crippen molar-refractivity contribution in [3.8, 4) is 0 Å². The maximum Gasteiger partial charge on any atom is 0.0702 e. The minimum Gasteiger partial charge on any atom is -0.326 e. The molecule has 2 fully saturated rings. The number of nitrogens with two attached hydrogens (primary N) is 1. The first-order valence-electron chi connectivity index (χ1n) is 8.10. The van der Waals surface area contributed by atoms with Gasteiger partial charge in [0.25, 0.3) is 0 Å². The molecule has 1 aromatic rings. The van der Waals surface area contributed by atoms with Crippen molar-refractivity contribution in [2.75, 3.05) is 19.6 Å². The van der Waals surface area contributed by atoms with E-state index in [9.17, 15) is 0 Å². The highest BCUT2D eigenvalue weighted by atomic mass is 79.9. The molecular weight excluding hydrogens is 346 g/mol. The van der Waals surface area contributed by atoms with Gasteiger partial charge in [0.2, 0.25) is 0 Å². The van der Waals surface area contributed by atoms with E-state index in [2.05, 4.69) is 51.7 Å². The molecule has 0 saturated carbocycles. The van der Waals surface area contributed by atoms with E-state index in [-0.39, 0.29) is 6.04 Å². The van der Waals surface area contributed by atoms with Gasteiger partial charge in [0, 0.05) is 36.1 Å². The molecule has 0 aliphatic carbocycles. The third-order valence-electron chi connectivity index (χ3n) is 5.11. The van der Waals surface area contributed by atoms with Crippen LogP contribution in [0.25, 0.3) is 0 Å². The van der Waals surface area contributed by atoms with Crippen LogP contribution in [0.5, 0.6) is 0 Å². The second-order valence-corrected chi connectivity index (χ2v) is 8.99. The normalized spacial score (nSPS) is 30.3. The van der Waals surface area contributed by atoms with Crippen LogP contribution in [0.2, 0.25) is 0 Å². The molecule has 5 heteroatoms. The molecular formula is C16H26BrN3S. The Morgan fingerprint density at radius 2 is 2.24 bits per heavy atom. The Balaban J connectivity index is 1.85. The van der Waals surface area contributed by atoms with Gasteiger partial charge in [-0.3, -0.25) is 9.80 Å². The smallest absolute Gasteiger partial charge is 0.0702 e. The number of piperazine rings is 1. The SMILES string of the molecule is CCC(N)C(c1ccc(Br)s1)N1CC2CCCN2CC1C. The Morgan fingerprint density at radius 3 is 2.90 bits per heavy atom. The summed E-state index contributed by atoms with van der Waals surface area (Å²) in [6.45, 7) is 8.24. The van der Waals surface area contributed by atoms with Gasteiger partial charge in [-0.2, -0.15) is 0 Å². The molecule has 3 heterocycles. The van der Waals surface area contributed by atoms with E-state index in [0.29, 0.717) is 12.1 Å². The average Bonchev–Trinajstić information content (AvgIpc) is 3.08. The van der Waals surface area contributed by atoms with Crippen molar-refractivity contribution in [3.05, 3.63) is 20.8 Å². The van der Waals surface area contributed by atoms with Crippen molar-refractivity contribution < 1.29 is 0 Å². The lowest BCUT2D eigenvalue weighted by Crippen LogP contribution is -2.58. The van der Waals surface area contributed by atoms with Crippen LogP contribution in [-0.4, -0.2) is 47.6 Å². The van der Waals surface area contributed by atoms with Crippen LogP contribution in [0, 0.1) is 0 Å². The topological polar surface area (TPSA) is 32.5 Å². The van der Waals surface area contributed by atoms with Crippen LogP contribution in [-0.2, 0) is 0 Å². The Kier molecular flexibility index (Phi) is 5.06. The molecule has 3 rings (SSSR count). The fourth-order valence-corrected chi connectivity index (χ4v) is 5.55. The quantitative estimate of drug-likeness (QED) is 0.879. The first kappa shape index (κ1) is 15.9. The number of halogens is 1. The third kappa shape index (κ3) is 3.22. The summed E-state index contributed by atoms with van der Waals surface area (Å²) in [7, 11) is 0. The van der Waals surface area contributed by atoms with Gasteiger partial charge in [-0.15, -0.1) is 11.3 Å². The minimum atomic E-state index is 0.214. The largest absolute Gasteiger partial charge is 0.326 e. The van der Waals surface area contributed by atoms with Gasteiger partial charge in [-0.05, 0) is 60.8 Å². The molecule has 0 radical (unpaired) electrons. The summed E-state index contributed by atoms with van der Waals surface area (Å²) < 4.78 is 1.21. The summed E-state index contributed by atoms with van der Waals surface area (Å²) in [6.07, 6.45) is 3.74. The van der Waals surface area contributed by atoms with Crippen molar-refractivity contribution in [2.24, 2.45) is 5.73 Å². The van der Waals surface area contributed by atoms with Crippen LogP contribution in [0.4, 0.5) is 0 Å². The van der Waals surface area contributed by atoms with Crippen LogP contribution in [0.15, 0.2) is 15.9 Å². The third-order valence-corrected chi connectivity index (χ3v) is 6.80. The van der Waals surface area contributed by atoms with E-state index in [1.165, 1.54) is 41.1 Å². The van der Waals surface area contributed by atoms with E-state index in [1.807, 2.05) is 11.3 Å². The Bertz CT molecular complexity index is 478. The summed E-state index contributed by atoms with van der Waals surface area (Å²) in [5, 5.41) is 0. The molecule has 0 amide bonds. The maximum absolute atomic E-state index is 6.52. The molecule has 4 unspecified atom stereocenters. The fourth-order valence-electron chi connectivity index (χ4n) is 3.93. The molecule has 0 bridgehead atoms. The monoisotopic (exact) mass is 371 g/mol. The Labute approximate surface area is 140 Å². The second kappa shape index (κ2) is 6.67. The van der Waals surface area contributed by atoms with Gasteiger partial charge in [-0.25, -0.2) is 0 Å². The molecule has 1 aromatic heterocycles. The zero-order chi connectivity index (χ0) is 15.0. The standard InChI is InChI=1S/C16H26BrN3S/c1-3-13(18)16(14-6-7-15(17)21-14)20-10-12-5-4-8-19(12)9-11(20)2/h6-7,11-13,16H,3-5,8-10,18H2,1-2H3. The van der Waals surface area contributed by atoms with Crippen LogP contribution in [0.1, 0.15) is 44.0 Å². The number of thiophene rings is 1. The lowest BCUT2D eigenvalue weighted by molar-refractivity contribution is 0.0195. The Hall–Kier alpha value is 0.0600. The maximum atomic E-state index is 6.52. The van der Waals surface area contributed by atoms with E-state index in [4.69, 9.17) is 5.73 Å². The molecule has 2 aliphatic heterocycles. The summed E-state index contributed by atoms with van der Waals surface area (Å²) >= 11 is 5.45. The first-order valence-corrected chi connectivity index (χ1v) is 9.71. The lowest BCUT2D eigenvalue weighted by atomic mass is 9.97. The number of nitrogens with zero attached hydrogens (tertiary/aromatic N) is 2. The number of hydrogen-bond donors (Lipinski definition) is 1. The van der Waals surface area contributed by atoms with Crippen LogP contribution in [0.3, 0.4) is 0 Å². The van der Waals surface area contributed by atoms with Crippen molar-refractivity contribution in [3.63, 3.8) is 0 Å². The molecule has 21 heavy (non-hydrogen) atoms. The molecule has 2 saturated heterocycles. The highest BCUT2D eigenvalue weighted by molar-refractivity contribution is 9.11. The van der Waals surface area contributed by atoms with Gasteiger partial charge in [0.1, 0.15) is 0 Å². The van der Waals surface area contributed by atoms with Crippen LogP contribution >= 0.6 is 27.3 Å². The first-order chi connectivity index (χ1) is 10.1. The zero-order valence-electron chi connectivity index (χ0n) is 13.0. The number of rotatable bonds is 4. The van der Waals surface area contributed by atoms with Crippen molar-refractivity contribution >= 4 is 27.3 Å². The van der Waals surface area contributed by atoms with Gasteiger partial charge in [-0.1, -0.05) is 6.92 Å². The summed E-state index contributed by atoms with van der Waals surface area (Å²) in [5.74, 6) is 0. The molecule has 0 spiro atoms. The molecule has 118 valence electrons. The highest BCUT2D eigenvalue weighted by Gasteiger charge is 2.39. The Morgan fingerprint density at radius 1 is 1.43 bits per heavy atom. The predicted molar refractivity (Wildman–Crippen MR) is 93.8 cm³/mol. The number of fused-ring (bicyclic) bond motifs is 1. The minimum absolute atomic E-state index is 0.214. The van der Waals surface area contributed by atoms with Crippen molar-refractivity contribution in [1.82, 2.24) is 9.80 Å². The average molecular weight is 372 g/mol. The highest BCUT2D eigenvalue weighted by Crippen LogP contribution is 2.37. The van der Waals surface area contributed by atoms with E-state index in [1.54, 1.807) is 0 Å². The van der Waals surface area contributed by atoms with Gasteiger partial charge in [0.05, 0.1) is 9.83 Å². The van der Waals surface area contributed by atoms with Gasteiger partial charge in [0.15, 0.2) is 0 Å². The van der Waals surface area contributed by atoms with Crippen molar-refractivity contribution in [1.29, 1.82) is 0 Å².